The van der Waals surface area contributed by atoms with Crippen molar-refractivity contribution in [3.63, 3.8) is 0 Å². The molecule has 1 N–H and O–H groups in total. The Bertz CT molecular complexity index is 1000. The first-order chi connectivity index (χ1) is 16.7. The first-order valence-corrected chi connectivity index (χ1v) is 12.7. The van der Waals surface area contributed by atoms with Gasteiger partial charge in [0.1, 0.15) is 17.2 Å². The second-order valence-electron chi connectivity index (χ2n) is 8.49. The molecule has 0 aliphatic heterocycles. The molecule has 0 aliphatic carbocycles. The normalized spacial score (nSPS) is 10.8. The third-order valence-corrected chi connectivity index (χ3v) is 5.97. The Morgan fingerprint density at radius 1 is 0.676 bits per heavy atom. The number of anilines is 2. The van der Waals surface area contributed by atoms with E-state index in [1.807, 2.05) is 19.1 Å². The van der Waals surface area contributed by atoms with Crippen LogP contribution >= 0.6 is 0 Å². The summed E-state index contributed by atoms with van der Waals surface area (Å²) in [6, 6.07) is 21.9. The minimum atomic E-state index is 0.216. The molecule has 4 heteroatoms. The van der Waals surface area contributed by atoms with Gasteiger partial charge < -0.3 is 19.5 Å². The lowest BCUT2D eigenvalue weighted by molar-refractivity contribution is 0.304. The van der Waals surface area contributed by atoms with Crippen molar-refractivity contribution >= 4 is 11.4 Å². The highest BCUT2D eigenvalue weighted by Gasteiger charge is 2.16. The average molecular weight is 462 g/mol. The fourth-order valence-corrected chi connectivity index (χ4v) is 4.22. The summed E-state index contributed by atoms with van der Waals surface area (Å²) in [6.07, 6.45) is 7.32. The van der Waals surface area contributed by atoms with E-state index in [0.717, 1.165) is 47.0 Å². The van der Waals surface area contributed by atoms with Crippen molar-refractivity contribution in [3.05, 3.63) is 66.7 Å². The zero-order valence-corrected chi connectivity index (χ0v) is 20.9. The summed E-state index contributed by atoms with van der Waals surface area (Å²) in [6.45, 7) is 8.44. The minimum Gasteiger partial charge on any atom is -0.508 e. The van der Waals surface area contributed by atoms with Crippen LogP contribution < -0.4 is 14.4 Å². The molecule has 0 atom stereocenters. The molecule has 182 valence electrons. The number of phenolic OH excluding ortho intramolecular Hbond substituents is 1. The topological polar surface area (TPSA) is 41.9 Å². The van der Waals surface area contributed by atoms with E-state index in [2.05, 4.69) is 61.2 Å². The summed E-state index contributed by atoms with van der Waals surface area (Å²) in [5.74, 6) is 1.77. The number of rotatable bonds is 14. The summed E-state index contributed by atoms with van der Waals surface area (Å²) in [5.41, 5.74) is 3.98. The smallest absolute Gasteiger partial charge is 0.129 e. The molecule has 3 rings (SSSR count). The lowest BCUT2D eigenvalue weighted by Gasteiger charge is -2.25. The van der Waals surface area contributed by atoms with Crippen LogP contribution in [-0.4, -0.2) is 24.9 Å². The van der Waals surface area contributed by atoms with Gasteiger partial charge in [0.15, 0.2) is 0 Å². The van der Waals surface area contributed by atoms with Gasteiger partial charge in [0.05, 0.1) is 13.2 Å². The van der Waals surface area contributed by atoms with E-state index in [1.54, 1.807) is 12.1 Å². The number of hydrogen-bond donors (Lipinski definition) is 1. The number of phenols is 1. The molecule has 0 saturated heterocycles. The second kappa shape index (κ2) is 13.5. The Morgan fingerprint density at radius 2 is 1.44 bits per heavy atom. The van der Waals surface area contributed by atoms with Gasteiger partial charge in [0, 0.05) is 35.1 Å². The fraction of sp³-hybridized carbons (Fsp3) is 0.400. The van der Waals surface area contributed by atoms with E-state index in [1.165, 1.54) is 32.1 Å². The van der Waals surface area contributed by atoms with Crippen LogP contribution in [0.25, 0.3) is 11.1 Å². The van der Waals surface area contributed by atoms with Crippen LogP contribution in [0.1, 0.15) is 59.3 Å². The van der Waals surface area contributed by atoms with Gasteiger partial charge in [0.25, 0.3) is 0 Å². The van der Waals surface area contributed by atoms with E-state index >= 15 is 0 Å². The van der Waals surface area contributed by atoms with E-state index in [9.17, 15) is 5.11 Å². The summed E-state index contributed by atoms with van der Waals surface area (Å²) >= 11 is 0. The summed E-state index contributed by atoms with van der Waals surface area (Å²) in [4.78, 5) is 2.25. The van der Waals surface area contributed by atoms with Crippen LogP contribution in [0.5, 0.6) is 17.2 Å². The van der Waals surface area contributed by atoms with Gasteiger partial charge in [0.2, 0.25) is 0 Å². The zero-order valence-electron chi connectivity index (χ0n) is 20.9. The Labute approximate surface area is 205 Å². The maximum Gasteiger partial charge on any atom is 0.129 e. The van der Waals surface area contributed by atoms with Crippen molar-refractivity contribution in [2.75, 3.05) is 24.7 Å². The Morgan fingerprint density at radius 3 is 2.18 bits per heavy atom. The summed E-state index contributed by atoms with van der Waals surface area (Å²) in [7, 11) is 0. The van der Waals surface area contributed by atoms with E-state index in [-0.39, 0.29) is 5.75 Å². The number of benzene rings is 3. The zero-order chi connectivity index (χ0) is 24.2. The monoisotopic (exact) mass is 461 g/mol. The first-order valence-electron chi connectivity index (χ1n) is 12.7. The molecule has 0 fully saturated rings. The highest BCUT2D eigenvalue weighted by molar-refractivity contribution is 5.80. The van der Waals surface area contributed by atoms with Crippen LogP contribution in [0.2, 0.25) is 0 Å². The van der Waals surface area contributed by atoms with Gasteiger partial charge in [-0.05, 0) is 62.7 Å². The van der Waals surface area contributed by atoms with Crippen molar-refractivity contribution in [1.29, 1.82) is 0 Å². The molecule has 0 aliphatic rings. The van der Waals surface area contributed by atoms with Gasteiger partial charge in [-0.15, -0.1) is 0 Å². The highest BCUT2D eigenvalue weighted by Crippen LogP contribution is 2.41. The van der Waals surface area contributed by atoms with E-state index < -0.39 is 0 Å². The lowest BCUT2D eigenvalue weighted by Crippen LogP contribution is -2.16. The number of nitrogens with zero attached hydrogens (tertiary/aromatic N) is 1. The molecule has 0 heterocycles. The molecule has 0 spiro atoms. The number of para-hydroxylation sites is 1. The average Bonchev–Trinajstić information content (AvgIpc) is 2.86. The van der Waals surface area contributed by atoms with E-state index in [4.69, 9.17) is 9.47 Å². The van der Waals surface area contributed by atoms with Gasteiger partial charge in [-0.2, -0.15) is 0 Å². The molecule has 3 aromatic carbocycles. The van der Waals surface area contributed by atoms with Crippen molar-refractivity contribution < 1.29 is 14.6 Å². The third-order valence-electron chi connectivity index (χ3n) is 5.97. The number of hydrogen-bond acceptors (Lipinski definition) is 4. The van der Waals surface area contributed by atoms with Crippen LogP contribution in [0, 0.1) is 0 Å². The molecule has 34 heavy (non-hydrogen) atoms. The molecule has 0 radical (unpaired) electrons. The molecule has 4 nitrogen and oxygen atoms in total. The van der Waals surface area contributed by atoms with Crippen LogP contribution in [0.3, 0.4) is 0 Å². The molecular formula is C30H39NO3. The fourth-order valence-electron chi connectivity index (χ4n) is 4.22. The predicted octanol–water partition coefficient (Wildman–Crippen LogP) is 8.36. The third kappa shape index (κ3) is 6.93. The first kappa shape index (κ1) is 25.5. The molecule has 0 aromatic heterocycles. The molecule has 0 unspecified atom stereocenters. The standard InChI is InChI=1S/C30H39NO3/c1-4-7-8-9-10-14-21-34-29-20-18-26(32)23-28(29)27-19-17-25(22-30(27)33-6-3)31(5-2)24-15-12-11-13-16-24/h11-13,15-20,22-23,32H,4-10,14,21H2,1-3H3. The van der Waals surface area contributed by atoms with Gasteiger partial charge >= 0.3 is 0 Å². The van der Waals surface area contributed by atoms with Crippen LogP contribution in [0.4, 0.5) is 11.4 Å². The SMILES string of the molecule is CCCCCCCCOc1ccc(O)cc1-c1ccc(N(CC)c2ccccc2)cc1OCC. The van der Waals surface area contributed by atoms with Crippen molar-refractivity contribution in [2.24, 2.45) is 0 Å². The van der Waals surface area contributed by atoms with Gasteiger partial charge in [-0.3, -0.25) is 0 Å². The van der Waals surface area contributed by atoms with Crippen molar-refractivity contribution in [1.82, 2.24) is 0 Å². The van der Waals surface area contributed by atoms with Crippen molar-refractivity contribution in [2.45, 2.75) is 59.3 Å². The molecule has 3 aromatic rings. The lowest BCUT2D eigenvalue weighted by atomic mass is 10.0. The molecule has 0 saturated carbocycles. The molecule has 0 bridgehead atoms. The number of aromatic hydroxyl groups is 1. The summed E-state index contributed by atoms with van der Waals surface area (Å²) in [5, 5.41) is 10.2. The van der Waals surface area contributed by atoms with Crippen molar-refractivity contribution in [3.8, 4) is 28.4 Å². The van der Waals surface area contributed by atoms with Crippen LogP contribution in [-0.2, 0) is 0 Å². The van der Waals surface area contributed by atoms with Gasteiger partial charge in [-0.1, -0.05) is 57.2 Å². The maximum atomic E-state index is 10.2. The molecular weight excluding hydrogens is 422 g/mol. The Kier molecular flexibility index (Phi) is 10.1. The molecule has 0 amide bonds. The second-order valence-corrected chi connectivity index (χ2v) is 8.49. The Balaban J connectivity index is 1.84. The van der Waals surface area contributed by atoms with Crippen LogP contribution in [0.15, 0.2) is 66.7 Å². The quantitative estimate of drug-likeness (QED) is 0.245. The number of ether oxygens (including phenoxy) is 2. The van der Waals surface area contributed by atoms with Gasteiger partial charge in [-0.25, -0.2) is 0 Å². The summed E-state index contributed by atoms with van der Waals surface area (Å²) < 4.78 is 12.3. The largest absolute Gasteiger partial charge is 0.508 e. The maximum absolute atomic E-state index is 10.2. The van der Waals surface area contributed by atoms with E-state index in [0.29, 0.717) is 13.2 Å². The Hall–Kier alpha value is -3.14. The minimum absolute atomic E-state index is 0.216. The highest BCUT2D eigenvalue weighted by atomic mass is 16.5. The number of unbranched alkanes of at least 4 members (excludes halogenated alkanes) is 5. The predicted molar refractivity (Wildman–Crippen MR) is 143 cm³/mol.